The Hall–Kier alpha value is -0.600. The molecule has 0 amide bonds. The van der Waals surface area contributed by atoms with Crippen LogP contribution in [0.5, 0.6) is 0 Å². The molecule has 2 heteroatoms. The lowest BCUT2D eigenvalue weighted by atomic mass is 10.2. The molecule has 0 bridgehead atoms. The first-order valence-electron chi connectivity index (χ1n) is 4.81. The van der Waals surface area contributed by atoms with Gasteiger partial charge in [0.25, 0.3) is 0 Å². The number of hydrogen-bond donors (Lipinski definition) is 1. The van der Waals surface area contributed by atoms with Crippen molar-refractivity contribution in [3.8, 4) is 0 Å². The maximum absolute atomic E-state index is 9.34. The van der Waals surface area contributed by atoms with Gasteiger partial charge in [-0.3, -0.25) is 0 Å². The molecule has 14 heavy (non-hydrogen) atoms. The average molecular weight is 253 g/mol. The highest BCUT2D eigenvalue weighted by Crippen LogP contribution is 2.41. The van der Waals surface area contributed by atoms with Crippen LogP contribution in [0.15, 0.2) is 34.3 Å². The van der Waals surface area contributed by atoms with E-state index >= 15 is 0 Å². The Morgan fingerprint density at radius 1 is 1.43 bits per heavy atom. The van der Waals surface area contributed by atoms with E-state index in [-0.39, 0.29) is 6.10 Å². The van der Waals surface area contributed by atoms with Crippen LogP contribution in [0.3, 0.4) is 0 Å². The maximum atomic E-state index is 9.34. The van der Waals surface area contributed by atoms with Crippen LogP contribution in [0.1, 0.15) is 18.9 Å². The van der Waals surface area contributed by atoms with E-state index in [4.69, 9.17) is 0 Å². The van der Waals surface area contributed by atoms with Crippen LogP contribution in [0.4, 0.5) is 0 Å². The molecule has 1 aliphatic carbocycles. The number of halogens is 1. The van der Waals surface area contributed by atoms with Crippen molar-refractivity contribution < 1.29 is 5.11 Å². The fourth-order valence-electron chi connectivity index (χ4n) is 1.61. The molecule has 0 aliphatic heterocycles. The van der Waals surface area contributed by atoms with Crippen molar-refractivity contribution >= 4 is 22.0 Å². The van der Waals surface area contributed by atoms with Crippen LogP contribution in [-0.4, -0.2) is 11.2 Å². The summed E-state index contributed by atoms with van der Waals surface area (Å²) >= 11 is 3.40. The molecular weight excluding hydrogens is 240 g/mol. The van der Waals surface area contributed by atoms with E-state index in [1.54, 1.807) is 0 Å². The number of benzene rings is 1. The van der Waals surface area contributed by atoms with Crippen molar-refractivity contribution in [2.45, 2.75) is 19.4 Å². The molecule has 0 heterocycles. The van der Waals surface area contributed by atoms with Crippen LogP contribution in [0.25, 0.3) is 6.08 Å². The minimum atomic E-state index is -0.198. The second kappa shape index (κ2) is 3.87. The summed E-state index contributed by atoms with van der Waals surface area (Å²) < 4.78 is 1.10. The summed E-state index contributed by atoms with van der Waals surface area (Å²) in [4.78, 5) is 0. The molecule has 1 aromatic rings. The Balaban J connectivity index is 2.09. The third-order valence-corrected chi connectivity index (χ3v) is 3.10. The van der Waals surface area contributed by atoms with Gasteiger partial charge in [-0.25, -0.2) is 0 Å². The van der Waals surface area contributed by atoms with Gasteiger partial charge in [-0.2, -0.15) is 0 Å². The molecule has 1 N–H and O–H groups in total. The third kappa shape index (κ3) is 2.25. The molecule has 0 spiro atoms. The van der Waals surface area contributed by atoms with Gasteiger partial charge in [-0.15, -0.1) is 0 Å². The van der Waals surface area contributed by atoms with Gasteiger partial charge in [0.2, 0.25) is 0 Å². The molecule has 1 aliphatic rings. The van der Waals surface area contributed by atoms with Crippen molar-refractivity contribution in [2.75, 3.05) is 0 Å². The van der Waals surface area contributed by atoms with Crippen molar-refractivity contribution in [3.05, 3.63) is 39.9 Å². The molecule has 0 saturated heterocycles. The molecule has 2 atom stereocenters. The minimum Gasteiger partial charge on any atom is -0.393 e. The molecule has 0 aromatic heterocycles. The summed E-state index contributed by atoms with van der Waals surface area (Å²) in [5.74, 6) is 0.402. The number of aliphatic hydroxyl groups is 1. The van der Waals surface area contributed by atoms with E-state index in [1.807, 2.05) is 19.1 Å². The standard InChI is InChI=1S/C12H13BrO/c1-8(14)12-7-10(12)6-9-2-4-11(13)5-3-9/h2-6,8,12,14H,7H2,1H3/b10-6+. The predicted molar refractivity (Wildman–Crippen MR) is 61.9 cm³/mol. The van der Waals surface area contributed by atoms with Gasteiger partial charge in [-0.05, 0) is 31.0 Å². The highest BCUT2D eigenvalue weighted by molar-refractivity contribution is 9.10. The van der Waals surface area contributed by atoms with Gasteiger partial charge in [-0.1, -0.05) is 39.7 Å². The van der Waals surface area contributed by atoms with Crippen LogP contribution >= 0.6 is 15.9 Å². The highest BCUT2D eigenvalue weighted by Gasteiger charge is 2.33. The number of aliphatic hydroxyl groups excluding tert-OH is 1. The van der Waals surface area contributed by atoms with Crippen LogP contribution in [0, 0.1) is 5.92 Å². The molecule has 2 unspecified atom stereocenters. The van der Waals surface area contributed by atoms with Crippen molar-refractivity contribution in [1.82, 2.24) is 0 Å². The van der Waals surface area contributed by atoms with Gasteiger partial charge in [0.1, 0.15) is 0 Å². The SMILES string of the molecule is CC(O)C1C/C1=C\c1ccc(Br)cc1. The summed E-state index contributed by atoms with van der Waals surface area (Å²) in [5, 5.41) is 9.34. The van der Waals surface area contributed by atoms with Gasteiger partial charge in [0.05, 0.1) is 6.10 Å². The lowest BCUT2D eigenvalue weighted by Crippen LogP contribution is -2.00. The molecular formula is C12H13BrO. The predicted octanol–water partition coefficient (Wildman–Crippen LogP) is 3.23. The zero-order chi connectivity index (χ0) is 10.1. The average Bonchev–Trinajstić information content (AvgIpc) is 2.88. The Kier molecular flexibility index (Phi) is 2.75. The van der Waals surface area contributed by atoms with Crippen LogP contribution in [-0.2, 0) is 0 Å². The highest BCUT2D eigenvalue weighted by atomic mass is 79.9. The molecule has 1 nitrogen and oxygen atoms in total. The lowest BCUT2D eigenvalue weighted by molar-refractivity contribution is 0.176. The normalized spacial score (nSPS) is 25.1. The first-order chi connectivity index (χ1) is 6.66. The van der Waals surface area contributed by atoms with E-state index in [1.165, 1.54) is 11.1 Å². The monoisotopic (exact) mass is 252 g/mol. The lowest BCUT2D eigenvalue weighted by Gasteiger charge is -1.97. The van der Waals surface area contributed by atoms with E-state index in [2.05, 4.69) is 34.1 Å². The third-order valence-electron chi connectivity index (χ3n) is 2.58. The first kappa shape index (κ1) is 9.94. The van der Waals surface area contributed by atoms with E-state index < -0.39 is 0 Å². The Morgan fingerprint density at radius 3 is 2.57 bits per heavy atom. The van der Waals surface area contributed by atoms with Gasteiger partial charge >= 0.3 is 0 Å². The van der Waals surface area contributed by atoms with E-state index in [0.717, 1.165) is 10.9 Å². The topological polar surface area (TPSA) is 20.2 Å². The Labute approximate surface area is 92.6 Å². The summed E-state index contributed by atoms with van der Waals surface area (Å²) in [6.07, 6.45) is 3.02. The minimum absolute atomic E-state index is 0.198. The van der Waals surface area contributed by atoms with Gasteiger partial charge in [0.15, 0.2) is 0 Å². The quantitative estimate of drug-likeness (QED) is 0.857. The second-order valence-electron chi connectivity index (χ2n) is 3.82. The Bertz CT molecular complexity index is 351. The van der Waals surface area contributed by atoms with Crippen molar-refractivity contribution in [3.63, 3.8) is 0 Å². The summed E-state index contributed by atoms with van der Waals surface area (Å²) in [6, 6.07) is 8.22. The van der Waals surface area contributed by atoms with Gasteiger partial charge in [0, 0.05) is 10.4 Å². The largest absolute Gasteiger partial charge is 0.393 e. The first-order valence-corrected chi connectivity index (χ1v) is 5.60. The van der Waals surface area contributed by atoms with Crippen molar-refractivity contribution in [2.24, 2.45) is 5.92 Å². The summed E-state index contributed by atoms with van der Waals surface area (Å²) in [6.45, 7) is 1.85. The Morgan fingerprint density at radius 2 is 2.07 bits per heavy atom. The molecule has 74 valence electrons. The smallest absolute Gasteiger partial charge is 0.0580 e. The van der Waals surface area contributed by atoms with E-state index in [0.29, 0.717) is 5.92 Å². The summed E-state index contributed by atoms with van der Waals surface area (Å²) in [5.41, 5.74) is 2.58. The fourth-order valence-corrected chi connectivity index (χ4v) is 1.88. The maximum Gasteiger partial charge on any atom is 0.0580 e. The van der Waals surface area contributed by atoms with Crippen LogP contribution in [0.2, 0.25) is 0 Å². The van der Waals surface area contributed by atoms with Crippen LogP contribution < -0.4 is 0 Å². The fraction of sp³-hybridized carbons (Fsp3) is 0.333. The van der Waals surface area contributed by atoms with E-state index in [9.17, 15) is 5.11 Å². The molecule has 1 aromatic carbocycles. The molecule has 0 radical (unpaired) electrons. The second-order valence-corrected chi connectivity index (χ2v) is 4.74. The zero-order valence-corrected chi connectivity index (χ0v) is 9.66. The molecule has 1 saturated carbocycles. The zero-order valence-electron chi connectivity index (χ0n) is 8.07. The van der Waals surface area contributed by atoms with Gasteiger partial charge < -0.3 is 5.11 Å². The molecule has 1 fully saturated rings. The number of hydrogen-bond acceptors (Lipinski definition) is 1. The molecule has 2 rings (SSSR count). The van der Waals surface area contributed by atoms with Crippen molar-refractivity contribution in [1.29, 1.82) is 0 Å². The summed E-state index contributed by atoms with van der Waals surface area (Å²) in [7, 11) is 0. The number of rotatable bonds is 2.